The molecule has 0 saturated carbocycles. The zero-order valence-corrected chi connectivity index (χ0v) is 16.3. The van der Waals surface area contributed by atoms with Gasteiger partial charge in [-0.25, -0.2) is 13.6 Å². The van der Waals surface area contributed by atoms with E-state index >= 15 is 0 Å². The van der Waals surface area contributed by atoms with Crippen molar-refractivity contribution in [1.29, 1.82) is 0 Å². The summed E-state index contributed by atoms with van der Waals surface area (Å²) in [6, 6.07) is 17.3. The van der Waals surface area contributed by atoms with E-state index in [0.717, 1.165) is 32.0 Å². The Morgan fingerprint density at radius 2 is 1.67 bits per heavy atom. The normalized spacial score (nSPS) is 15.9. The lowest BCUT2D eigenvalue weighted by atomic mass is 9.90. The Morgan fingerprint density at radius 1 is 1.00 bits per heavy atom. The molecule has 1 aliphatic rings. The molecular weight excluding hydrogens is 356 g/mol. The van der Waals surface area contributed by atoms with Gasteiger partial charge in [-0.05, 0) is 56.0 Å². The maximum atomic E-state index is 11.6. The van der Waals surface area contributed by atoms with Gasteiger partial charge in [-0.2, -0.15) is 0 Å². The molecule has 0 bridgehead atoms. The lowest BCUT2D eigenvalue weighted by molar-refractivity contribution is 0.187. The highest BCUT2D eigenvalue weighted by molar-refractivity contribution is 7.89. The SMILES string of the molecule is NS(=O)(=O)c1ccccc1C#CCCN1CCC(Cc2ccccc2)CC1. The summed E-state index contributed by atoms with van der Waals surface area (Å²) in [5, 5.41) is 5.24. The minimum atomic E-state index is -3.74. The first kappa shape index (κ1) is 19.6. The van der Waals surface area contributed by atoms with Crippen molar-refractivity contribution in [2.75, 3.05) is 19.6 Å². The lowest BCUT2D eigenvalue weighted by Crippen LogP contribution is -2.34. The number of piperidine rings is 1. The van der Waals surface area contributed by atoms with E-state index in [9.17, 15) is 8.42 Å². The summed E-state index contributed by atoms with van der Waals surface area (Å²) in [5.74, 6) is 6.83. The molecule has 142 valence electrons. The molecule has 2 N–H and O–H groups in total. The van der Waals surface area contributed by atoms with E-state index in [1.807, 2.05) is 0 Å². The van der Waals surface area contributed by atoms with Crippen LogP contribution in [0.5, 0.6) is 0 Å². The van der Waals surface area contributed by atoms with Crippen molar-refractivity contribution >= 4 is 10.0 Å². The van der Waals surface area contributed by atoms with Crippen molar-refractivity contribution in [3.63, 3.8) is 0 Å². The standard InChI is InChI=1S/C22H26N2O2S/c23-27(25,26)22-12-5-4-10-21(22)11-6-7-15-24-16-13-20(14-17-24)18-19-8-2-1-3-9-19/h1-5,8-10,12,20H,7,13-18H2,(H2,23,25,26). The zero-order chi connectivity index (χ0) is 19.1. The third-order valence-electron chi connectivity index (χ3n) is 5.04. The molecule has 0 unspecified atom stereocenters. The third-order valence-corrected chi connectivity index (χ3v) is 6.01. The Labute approximate surface area is 162 Å². The van der Waals surface area contributed by atoms with Gasteiger partial charge in [0.25, 0.3) is 0 Å². The molecule has 1 heterocycles. The van der Waals surface area contributed by atoms with Gasteiger partial charge in [0, 0.05) is 18.5 Å². The van der Waals surface area contributed by atoms with Gasteiger partial charge in [0.05, 0.1) is 4.90 Å². The van der Waals surface area contributed by atoms with Gasteiger partial charge in [-0.3, -0.25) is 0 Å². The molecule has 0 atom stereocenters. The zero-order valence-electron chi connectivity index (χ0n) is 15.5. The summed E-state index contributed by atoms with van der Waals surface area (Å²) in [5.41, 5.74) is 1.90. The van der Waals surface area contributed by atoms with Gasteiger partial charge in [0.2, 0.25) is 10.0 Å². The molecule has 1 fully saturated rings. The molecular formula is C22H26N2O2S. The monoisotopic (exact) mass is 382 g/mol. The largest absolute Gasteiger partial charge is 0.302 e. The van der Waals surface area contributed by atoms with Gasteiger partial charge < -0.3 is 4.90 Å². The fourth-order valence-corrected chi connectivity index (χ4v) is 4.25. The number of primary sulfonamides is 1. The molecule has 0 aliphatic carbocycles. The maximum absolute atomic E-state index is 11.6. The highest BCUT2D eigenvalue weighted by Gasteiger charge is 2.18. The van der Waals surface area contributed by atoms with E-state index in [2.05, 4.69) is 47.1 Å². The van der Waals surface area contributed by atoms with Crippen molar-refractivity contribution in [1.82, 2.24) is 4.90 Å². The highest BCUT2D eigenvalue weighted by Crippen LogP contribution is 2.21. The summed E-state index contributed by atoms with van der Waals surface area (Å²) < 4.78 is 23.2. The van der Waals surface area contributed by atoms with Crippen molar-refractivity contribution < 1.29 is 8.42 Å². The Bertz CT molecular complexity index is 906. The van der Waals surface area contributed by atoms with Crippen LogP contribution in [0.15, 0.2) is 59.5 Å². The summed E-state index contributed by atoms with van der Waals surface area (Å²) in [7, 11) is -3.74. The van der Waals surface area contributed by atoms with Gasteiger partial charge in [0.15, 0.2) is 0 Å². The van der Waals surface area contributed by atoms with Gasteiger partial charge >= 0.3 is 0 Å². The molecule has 0 amide bonds. The number of rotatable bonds is 5. The number of sulfonamides is 1. The van der Waals surface area contributed by atoms with E-state index in [1.54, 1.807) is 18.2 Å². The number of nitrogens with zero attached hydrogens (tertiary/aromatic N) is 1. The van der Waals surface area contributed by atoms with E-state index in [4.69, 9.17) is 5.14 Å². The van der Waals surface area contributed by atoms with Gasteiger partial charge in [0.1, 0.15) is 0 Å². The van der Waals surface area contributed by atoms with Crippen LogP contribution in [0.4, 0.5) is 0 Å². The number of nitrogens with two attached hydrogens (primary N) is 1. The fourth-order valence-electron chi connectivity index (χ4n) is 3.55. The molecule has 0 aromatic heterocycles. The van der Waals surface area contributed by atoms with Crippen LogP contribution in [0.25, 0.3) is 0 Å². The first-order chi connectivity index (χ1) is 13.0. The Morgan fingerprint density at radius 3 is 2.37 bits per heavy atom. The molecule has 2 aromatic carbocycles. The van der Waals surface area contributed by atoms with Crippen LogP contribution >= 0.6 is 0 Å². The van der Waals surface area contributed by atoms with Crippen molar-refractivity contribution in [3.8, 4) is 11.8 Å². The van der Waals surface area contributed by atoms with Crippen molar-refractivity contribution in [2.45, 2.75) is 30.6 Å². The van der Waals surface area contributed by atoms with Crippen molar-refractivity contribution in [3.05, 3.63) is 65.7 Å². The molecule has 0 radical (unpaired) electrons. The van der Waals surface area contributed by atoms with E-state index < -0.39 is 10.0 Å². The number of benzene rings is 2. The summed E-state index contributed by atoms with van der Waals surface area (Å²) >= 11 is 0. The van der Waals surface area contributed by atoms with Crippen LogP contribution in [-0.4, -0.2) is 33.0 Å². The minimum Gasteiger partial charge on any atom is -0.302 e. The molecule has 0 spiro atoms. The van der Waals surface area contributed by atoms with Crippen molar-refractivity contribution in [2.24, 2.45) is 11.1 Å². The smallest absolute Gasteiger partial charge is 0.239 e. The molecule has 2 aromatic rings. The van der Waals surface area contributed by atoms with E-state index in [0.29, 0.717) is 5.56 Å². The molecule has 1 saturated heterocycles. The first-order valence-corrected chi connectivity index (χ1v) is 10.9. The van der Waals surface area contributed by atoms with Gasteiger partial charge in [-0.1, -0.05) is 54.3 Å². The molecule has 1 aliphatic heterocycles. The maximum Gasteiger partial charge on any atom is 0.239 e. The molecule has 27 heavy (non-hydrogen) atoms. The quantitative estimate of drug-likeness (QED) is 0.809. The second-order valence-electron chi connectivity index (χ2n) is 7.07. The van der Waals surface area contributed by atoms with Crippen LogP contribution < -0.4 is 5.14 Å². The van der Waals surface area contributed by atoms with Gasteiger partial charge in [-0.15, -0.1) is 0 Å². The summed E-state index contributed by atoms with van der Waals surface area (Å²) in [6.07, 6.45) is 4.33. The predicted molar refractivity (Wildman–Crippen MR) is 109 cm³/mol. The van der Waals surface area contributed by atoms with Crippen LogP contribution in [0.3, 0.4) is 0 Å². The lowest BCUT2D eigenvalue weighted by Gasteiger charge is -2.31. The molecule has 4 nitrogen and oxygen atoms in total. The van der Waals surface area contributed by atoms with Crippen LogP contribution in [-0.2, 0) is 16.4 Å². The Kier molecular flexibility index (Phi) is 6.68. The molecule has 5 heteroatoms. The predicted octanol–water partition coefficient (Wildman–Crippen LogP) is 3.03. The number of hydrogen-bond donors (Lipinski definition) is 1. The van der Waals surface area contributed by atoms with Crippen LogP contribution in [0.1, 0.15) is 30.4 Å². The third kappa shape index (κ3) is 5.93. The minimum absolute atomic E-state index is 0.0965. The first-order valence-electron chi connectivity index (χ1n) is 9.39. The fraction of sp³-hybridized carbons (Fsp3) is 0.364. The topological polar surface area (TPSA) is 63.4 Å². The average molecular weight is 383 g/mol. The molecule has 3 rings (SSSR count). The van der Waals surface area contributed by atoms with Crippen LogP contribution in [0, 0.1) is 17.8 Å². The summed E-state index contributed by atoms with van der Waals surface area (Å²) in [6.45, 7) is 3.13. The number of hydrogen-bond acceptors (Lipinski definition) is 3. The highest BCUT2D eigenvalue weighted by atomic mass is 32.2. The summed E-state index contributed by atoms with van der Waals surface area (Å²) in [4.78, 5) is 2.54. The van der Waals surface area contributed by atoms with Crippen LogP contribution in [0.2, 0.25) is 0 Å². The van der Waals surface area contributed by atoms with E-state index in [1.165, 1.54) is 30.9 Å². The Hall–Kier alpha value is -2.13. The second-order valence-corrected chi connectivity index (χ2v) is 8.60. The van der Waals surface area contributed by atoms with E-state index in [-0.39, 0.29) is 4.90 Å². The second kappa shape index (κ2) is 9.18. The number of likely N-dealkylation sites (tertiary alicyclic amines) is 1. The Balaban J connectivity index is 1.46. The average Bonchev–Trinajstić information content (AvgIpc) is 2.67.